The van der Waals surface area contributed by atoms with Crippen LogP contribution < -0.4 is 0 Å². The lowest BCUT2D eigenvalue weighted by molar-refractivity contribution is -0.213. The number of carbonyl (C=O) groups is 3. The van der Waals surface area contributed by atoms with Crippen LogP contribution in [0.25, 0.3) is 0 Å². The number of ether oxygens (including phenoxy) is 1. The van der Waals surface area contributed by atoms with Crippen LogP contribution in [-0.4, -0.2) is 23.6 Å². The van der Waals surface area contributed by atoms with E-state index in [0.717, 1.165) is 24.0 Å². The molecule has 2 saturated carbocycles. The molecule has 2 fully saturated rings. The van der Waals surface area contributed by atoms with Crippen LogP contribution in [0.1, 0.15) is 79.2 Å². The first kappa shape index (κ1) is 23.3. The monoisotopic (exact) mass is 464 g/mol. The van der Waals surface area contributed by atoms with Crippen molar-refractivity contribution < 1.29 is 23.5 Å². The quantitative estimate of drug-likeness (QED) is 0.517. The molecule has 0 aliphatic heterocycles. The van der Waals surface area contributed by atoms with Gasteiger partial charge in [0.25, 0.3) is 0 Å². The van der Waals surface area contributed by atoms with Gasteiger partial charge in [0.1, 0.15) is 6.10 Å². The molecule has 7 unspecified atom stereocenters. The normalized spacial score (nSPS) is 44.7. The SMILES string of the molecule is CC(=O)OC1CC2(C)C(C)(C)C(=O)C=CC2(C)C2CCC3(C)C(=CC(=O)C3c3ccoc3)C12C. The van der Waals surface area contributed by atoms with E-state index in [4.69, 9.17) is 9.15 Å². The first-order chi connectivity index (χ1) is 15.7. The minimum Gasteiger partial charge on any atom is -0.472 e. The Balaban J connectivity index is 1.71. The molecule has 0 radical (unpaired) electrons. The fraction of sp³-hybridized carbons (Fsp3) is 0.621. The van der Waals surface area contributed by atoms with Crippen LogP contribution in [0.15, 0.2) is 46.8 Å². The fourth-order valence-electron chi connectivity index (χ4n) is 8.64. The lowest BCUT2D eigenvalue weighted by Gasteiger charge is -2.70. The van der Waals surface area contributed by atoms with Crippen LogP contribution in [0.5, 0.6) is 0 Å². The third kappa shape index (κ3) is 2.54. The van der Waals surface area contributed by atoms with Crippen molar-refractivity contribution >= 4 is 17.5 Å². The van der Waals surface area contributed by atoms with Gasteiger partial charge in [-0.05, 0) is 59.8 Å². The number of carbonyl (C=O) groups excluding carboxylic acids is 3. The molecule has 34 heavy (non-hydrogen) atoms. The second-order valence-corrected chi connectivity index (χ2v) is 12.5. The molecule has 0 amide bonds. The van der Waals surface area contributed by atoms with E-state index in [2.05, 4.69) is 33.8 Å². The second kappa shape index (κ2) is 6.83. The molecule has 5 nitrogen and oxygen atoms in total. The van der Waals surface area contributed by atoms with E-state index in [1.165, 1.54) is 6.92 Å². The molecule has 5 rings (SSSR count). The maximum Gasteiger partial charge on any atom is 0.302 e. The van der Waals surface area contributed by atoms with Gasteiger partial charge < -0.3 is 9.15 Å². The molecular formula is C29H36O5. The maximum atomic E-state index is 13.5. The number of furan rings is 1. The van der Waals surface area contributed by atoms with Gasteiger partial charge in [0.05, 0.1) is 18.4 Å². The lowest BCUT2D eigenvalue weighted by Crippen LogP contribution is -2.68. The Kier molecular flexibility index (Phi) is 4.68. The third-order valence-electron chi connectivity index (χ3n) is 11.0. The van der Waals surface area contributed by atoms with E-state index < -0.39 is 22.3 Å². The van der Waals surface area contributed by atoms with Gasteiger partial charge in [-0.3, -0.25) is 14.4 Å². The zero-order chi connectivity index (χ0) is 24.9. The molecule has 0 spiro atoms. The van der Waals surface area contributed by atoms with Crippen LogP contribution in [-0.2, 0) is 19.1 Å². The summed E-state index contributed by atoms with van der Waals surface area (Å²) in [5, 5.41) is 0. The number of rotatable bonds is 2. The summed E-state index contributed by atoms with van der Waals surface area (Å²) in [5.74, 6) is -0.291. The smallest absolute Gasteiger partial charge is 0.302 e. The summed E-state index contributed by atoms with van der Waals surface area (Å²) >= 11 is 0. The zero-order valence-electron chi connectivity index (χ0n) is 21.4. The number of hydrogen-bond donors (Lipinski definition) is 0. The van der Waals surface area contributed by atoms with Crippen LogP contribution in [0, 0.1) is 33.0 Å². The zero-order valence-corrected chi connectivity index (χ0v) is 21.4. The van der Waals surface area contributed by atoms with E-state index in [0.29, 0.717) is 6.42 Å². The molecule has 0 saturated heterocycles. The molecule has 7 atom stereocenters. The topological polar surface area (TPSA) is 73.6 Å². The molecule has 0 N–H and O–H groups in total. The summed E-state index contributed by atoms with van der Waals surface area (Å²) in [4.78, 5) is 38.9. The maximum absolute atomic E-state index is 13.5. The molecule has 1 aromatic heterocycles. The van der Waals surface area contributed by atoms with E-state index in [1.54, 1.807) is 18.6 Å². The Bertz CT molecular complexity index is 1140. The third-order valence-corrected chi connectivity index (χ3v) is 11.0. The summed E-state index contributed by atoms with van der Waals surface area (Å²) in [6.07, 6.45) is 10.9. The first-order valence-electron chi connectivity index (χ1n) is 12.4. The van der Waals surface area contributed by atoms with Gasteiger partial charge in [-0.15, -0.1) is 0 Å². The predicted molar refractivity (Wildman–Crippen MR) is 128 cm³/mol. The summed E-state index contributed by atoms with van der Waals surface area (Å²) in [6, 6.07) is 1.89. The van der Waals surface area contributed by atoms with Gasteiger partial charge in [-0.1, -0.05) is 47.6 Å². The van der Waals surface area contributed by atoms with Gasteiger partial charge in [0, 0.05) is 28.7 Å². The molecule has 4 aliphatic carbocycles. The minimum absolute atomic E-state index is 0.0931. The Morgan fingerprint density at radius 2 is 1.82 bits per heavy atom. The lowest BCUT2D eigenvalue weighted by atomic mass is 9.34. The highest BCUT2D eigenvalue weighted by molar-refractivity contribution is 6.01. The van der Waals surface area contributed by atoms with Crippen LogP contribution in [0.3, 0.4) is 0 Å². The summed E-state index contributed by atoms with van der Waals surface area (Å²) in [6.45, 7) is 14.4. The predicted octanol–water partition coefficient (Wildman–Crippen LogP) is 5.81. The molecule has 0 bridgehead atoms. The number of ketones is 2. The van der Waals surface area contributed by atoms with Crippen molar-refractivity contribution in [2.75, 3.05) is 0 Å². The first-order valence-corrected chi connectivity index (χ1v) is 12.4. The van der Waals surface area contributed by atoms with Crippen LogP contribution >= 0.6 is 0 Å². The van der Waals surface area contributed by atoms with Crippen molar-refractivity contribution in [1.29, 1.82) is 0 Å². The molecule has 182 valence electrons. The molecule has 4 aliphatic rings. The molecular weight excluding hydrogens is 428 g/mol. The summed E-state index contributed by atoms with van der Waals surface area (Å²) in [5.41, 5.74) is -0.214. The second-order valence-electron chi connectivity index (χ2n) is 12.5. The number of fused-ring (bicyclic) bond motifs is 5. The number of allylic oxidation sites excluding steroid dienone is 3. The van der Waals surface area contributed by atoms with Crippen LogP contribution in [0.2, 0.25) is 0 Å². The number of esters is 1. The van der Waals surface area contributed by atoms with Crippen molar-refractivity contribution in [2.45, 2.75) is 79.8 Å². The van der Waals surface area contributed by atoms with Gasteiger partial charge in [0.15, 0.2) is 11.6 Å². The van der Waals surface area contributed by atoms with Crippen molar-refractivity contribution in [3.8, 4) is 0 Å². The van der Waals surface area contributed by atoms with E-state index in [9.17, 15) is 14.4 Å². The highest BCUT2D eigenvalue weighted by Crippen LogP contribution is 2.75. The van der Waals surface area contributed by atoms with Crippen molar-refractivity contribution in [3.05, 3.63) is 48.0 Å². The highest BCUT2D eigenvalue weighted by atomic mass is 16.5. The van der Waals surface area contributed by atoms with Gasteiger partial charge in [-0.2, -0.15) is 0 Å². The van der Waals surface area contributed by atoms with Gasteiger partial charge in [0.2, 0.25) is 0 Å². The highest BCUT2D eigenvalue weighted by Gasteiger charge is 2.73. The van der Waals surface area contributed by atoms with E-state index >= 15 is 0 Å². The van der Waals surface area contributed by atoms with Gasteiger partial charge in [-0.25, -0.2) is 0 Å². The minimum atomic E-state index is -0.601. The Morgan fingerprint density at radius 3 is 2.44 bits per heavy atom. The molecule has 0 aromatic carbocycles. The average molecular weight is 465 g/mol. The fourth-order valence-corrected chi connectivity index (χ4v) is 8.64. The molecule has 1 aromatic rings. The van der Waals surface area contributed by atoms with Crippen LogP contribution in [0.4, 0.5) is 0 Å². The molecule has 1 heterocycles. The van der Waals surface area contributed by atoms with Crippen molar-refractivity contribution in [2.24, 2.45) is 33.0 Å². The standard InChI is InChI=1S/C29H36O5/c1-17(30)34-23-15-28(6)25(2,3)22(32)9-12-27(28,5)20-8-11-26(4)21(29(20,23)7)14-19(31)24(26)18-10-13-33-16-18/h9-10,12-14,16,20,23-24H,8,11,15H2,1-7H3. The van der Waals surface area contributed by atoms with Gasteiger partial charge >= 0.3 is 5.97 Å². The van der Waals surface area contributed by atoms with Crippen molar-refractivity contribution in [3.63, 3.8) is 0 Å². The Labute approximate surface area is 202 Å². The van der Waals surface area contributed by atoms with E-state index in [-0.39, 0.29) is 40.2 Å². The largest absolute Gasteiger partial charge is 0.472 e. The van der Waals surface area contributed by atoms with E-state index in [1.807, 2.05) is 26.0 Å². The number of hydrogen-bond acceptors (Lipinski definition) is 5. The molecule has 5 heteroatoms. The average Bonchev–Trinajstić information content (AvgIpc) is 3.34. The Hall–Kier alpha value is -2.43. The summed E-state index contributed by atoms with van der Waals surface area (Å²) in [7, 11) is 0. The van der Waals surface area contributed by atoms with Crippen molar-refractivity contribution in [1.82, 2.24) is 0 Å². The summed E-state index contributed by atoms with van der Waals surface area (Å²) < 4.78 is 11.5. The Morgan fingerprint density at radius 1 is 1.12 bits per heavy atom.